The fraction of sp³-hybridized carbons (Fsp3) is 0.143. The molecule has 0 saturated carbocycles. The van der Waals surface area contributed by atoms with E-state index in [2.05, 4.69) is 0 Å². The van der Waals surface area contributed by atoms with Crippen LogP contribution in [0.15, 0.2) is 53.4 Å². The minimum atomic E-state index is -3.55. The Hall–Kier alpha value is -1.88. The van der Waals surface area contributed by atoms with Crippen LogP contribution in [0.1, 0.15) is 5.56 Å². The molecule has 1 aliphatic rings. The molecule has 3 rings (SSSR count). The molecule has 0 radical (unpaired) electrons. The van der Waals surface area contributed by atoms with Gasteiger partial charge in [0.15, 0.2) is 0 Å². The summed E-state index contributed by atoms with van der Waals surface area (Å²) >= 11 is 0. The summed E-state index contributed by atoms with van der Waals surface area (Å²) < 4.78 is 39.5. The van der Waals surface area contributed by atoms with Crippen molar-refractivity contribution in [1.82, 2.24) is 0 Å². The maximum atomic E-state index is 13.1. The van der Waals surface area contributed by atoms with Crippen LogP contribution in [-0.2, 0) is 16.4 Å². The molecule has 19 heavy (non-hydrogen) atoms. The van der Waals surface area contributed by atoms with E-state index in [-0.39, 0.29) is 10.7 Å². The molecule has 3 nitrogen and oxygen atoms in total. The molecular weight excluding hydrogens is 265 g/mol. The van der Waals surface area contributed by atoms with Crippen molar-refractivity contribution in [3.8, 4) is 0 Å². The predicted molar refractivity (Wildman–Crippen MR) is 71.1 cm³/mol. The Balaban J connectivity index is 2.07. The number of nitrogens with zero attached hydrogens (tertiary/aromatic N) is 1. The van der Waals surface area contributed by atoms with Gasteiger partial charge in [-0.3, -0.25) is 4.31 Å². The van der Waals surface area contributed by atoms with Gasteiger partial charge in [-0.1, -0.05) is 18.2 Å². The number of rotatable bonds is 2. The lowest BCUT2D eigenvalue weighted by molar-refractivity contribution is 0.592. The third-order valence-corrected chi connectivity index (χ3v) is 5.05. The van der Waals surface area contributed by atoms with Crippen molar-refractivity contribution in [3.05, 3.63) is 59.9 Å². The van der Waals surface area contributed by atoms with Gasteiger partial charge < -0.3 is 0 Å². The highest BCUT2D eigenvalue weighted by Crippen LogP contribution is 2.33. The van der Waals surface area contributed by atoms with Crippen LogP contribution >= 0.6 is 0 Å². The van der Waals surface area contributed by atoms with Crippen LogP contribution in [0.2, 0.25) is 0 Å². The maximum absolute atomic E-state index is 13.1. The average molecular weight is 277 g/mol. The van der Waals surface area contributed by atoms with E-state index >= 15 is 0 Å². The highest BCUT2D eigenvalue weighted by atomic mass is 32.2. The molecule has 0 atom stereocenters. The van der Waals surface area contributed by atoms with E-state index in [4.69, 9.17) is 0 Å². The molecule has 0 aliphatic carbocycles. The van der Waals surface area contributed by atoms with Crippen LogP contribution in [0.3, 0.4) is 0 Å². The summed E-state index contributed by atoms with van der Waals surface area (Å²) in [6.07, 6.45) is 0.541. The fourth-order valence-corrected chi connectivity index (χ4v) is 3.83. The third-order valence-electron chi connectivity index (χ3n) is 3.23. The normalized spacial score (nSPS) is 14.5. The smallest absolute Gasteiger partial charge is 0.264 e. The number of sulfonamides is 1. The molecule has 0 spiro atoms. The van der Waals surface area contributed by atoms with Crippen molar-refractivity contribution < 1.29 is 12.8 Å². The lowest BCUT2D eigenvalue weighted by Crippen LogP contribution is -2.29. The fourth-order valence-electron chi connectivity index (χ4n) is 2.31. The first-order valence-electron chi connectivity index (χ1n) is 5.95. The molecule has 2 aromatic rings. The van der Waals surface area contributed by atoms with Crippen LogP contribution in [0.5, 0.6) is 0 Å². The van der Waals surface area contributed by atoms with E-state index in [1.807, 2.05) is 0 Å². The maximum Gasteiger partial charge on any atom is 0.264 e. The van der Waals surface area contributed by atoms with Crippen molar-refractivity contribution in [1.29, 1.82) is 0 Å². The van der Waals surface area contributed by atoms with Gasteiger partial charge in [0.05, 0.1) is 10.6 Å². The molecule has 2 aromatic carbocycles. The van der Waals surface area contributed by atoms with E-state index in [1.165, 1.54) is 22.5 Å². The average Bonchev–Trinajstić information content (AvgIpc) is 2.83. The molecule has 0 N–H and O–H groups in total. The van der Waals surface area contributed by atoms with Crippen molar-refractivity contribution >= 4 is 15.7 Å². The van der Waals surface area contributed by atoms with Gasteiger partial charge in [0.2, 0.25) is 0 Å². The van der Waals surface area contributed by atoms with Crippen LogP contribution in [0.25, 0.3) is 0 Å². The number of hydrogen-bond donors (Lipinski definition) is 0. The summed E-state index contributed by atoms with van der Waals surface area (Å²) in [4.78, 5) is 0.257. The summed E-state index contributed by atoms with van der Waals surface area (Å²) in [5.41, 5.74) is 1.31. The number of fused-ring (bicyclic) bond motifs is 1. The van der Waals surface area contributed by atoms with Crippen LogP contribution in [-0.4, -0.2) is 15.0 Å². The van der Waals surface area contributed by atoms with Crippen molar-refractivity contribution in [2.45, 2.75) is 11.3 Å². The Bertz CT molecular complexity index is 713. The van der Waals surface area contributed by atoms with Gasteiger partial charge in [0.25, 0.3) is 10.0 Å². The van der Waals surface area contributed by atoms with Gasteiger partial charge in [-0.05, 0) is 42.3 Å². The Labute approximate surface area is 111 Å². The Morgan fingerprint density at radius 1 is 1.05 bits per heavy atom. The summed E-state index contributed by atoms with van der Waals surface area (Å²) in [5, 5.41) is 0. The van der Waals surface area contributed by atoms with Crippen LogP contribution in [0, 0.1) is 5.82 Å². The molecule has 1 aliphatic heterocycles. The predicted octanol–water partition coefficient (Wildman–Crippen LogP) is 2.58. The van der Waals surface area contributed by atoms with Gasteiger partial charge in [0, 0.05) is 6.54 Å². The first kappa shape index (κ1) is 12.2. The Morgan fingerprint density at radius 3 is 2.53 bits per heavy atom. The van der Waals surface area contributed by atoms with Crippen LogP contribution < -0.4 is 4.31 Å². The number of benzene rings is 2. The summed E-state index contributed by atoms with van der Waals surface area (Å²) in [5.74, 6) is -0.335. The SMILES string of the molecule is O=S(=O)(c1ccccc1)N1CCc2cc(F)ccc21. The van der Waals surface area contributed by atoms with Gasteiger partial charge in [0.1, 0.15) is 5.82 Å². The lowest BCUT2D eigenvalue weighted by Gasteiger charge is -2.19. The number of anilines is 1. The molecule has 0 fully saturated rings. The van der Waals surface area contributed by atoms with Gasteiger partial charge in [-0.15, -0.1) is 0 Å². The first-order valence-corrected chi connectivity index (χ1v) is 7.39. The van der Waals surface area contributed by atoms with E-state index in [1.54, 1.807) is 30.3 Å². The van der Waals surface area contributed by atoms with Gasteiger partial charge in [-0.25, -0.2) is 12.8 Å². The minimum absolute atomic E-state index is 0.257. The Morgan fingerprint density at radius 2 is 1.79 bits per heavy atom. The number of halogens is 1. The molecule has 1 heterocycles. The zero-order valence-electron chi connectivity index (χ0n) is 10.1. The zero-order chi connectivity index (χ0) is 13.5. The topological polar surface area (TPSA) is 37.4 Å². The standard InChI is InChI=1S/C14H12FNO2S/c15-12-6-7-14-11(10-12)8-9-16(14)19(17,18)13-4-2-1-3-5-13/h1-7,10H,8-9H2. The molecular formula is C14H12FNO2S. The van der Waals surface area contributed by atoms with E-state index in [9.17, 15) is 12.8 Å². The second-order valence-corrected chi connectivity index (χ2v) is 6.28. The van der Waals surface area contributed by atoms with E-state index in [0.29, 0.717) is 18.7 Å². The largest absolute Gasteiger partial charge is 0.266 e. The second kappa shape index (κ2) is 4.35. The summed E-state index contributed by atoms with van der Waals surface area (Å²) in [6, 6.07) is 12.5. The summed E-state index contributed by atoms with van der Waals surface area (Å²) in [7, 11) is -3.55. The lowest BCUT2D eigenvalue weighted by atomic mass is 10.2. The van der Waals surface area contributed by atoms with E-state index in [0.717, 1.165) is 5.56 Å². The first-order chi connectivity index (χ1) is 9.09. The van der Waals surface area contributed by atoms with E-state index < -0.39 is 10.0 Å². The molecule has 0 amide bonds. The molecule has 0 bridgehead atoms. The Kier molecular flexibility index (Phi) is 2.78. The highest BCUT2D eigenvalue weighted by molar-refractivity contribution is 7.92. The minimum Gasteiger partial charge on any atom is -0.266 e. The zero-order valence-corrected chi connectivity index (χ0v) is 10.9. The van der Waals surface area contributed by atoms with Crippen molar-refractivity contribution in [2.75, 3.05) is 10.8 Å². The molecule has 0 saturated heterocycles. The molecule has 98 valence electrons. The van der Waals surface area contributed by atoms with Crippen LogP contribution in [0.4, 0.5) is 10.1 Å². The van der Waals surface area contributed by atoms with Gasteiger partial charge >= 0.3 is 0 Å². The molecule has 5 heteroatoms. The summed E-state index contributed by atoms with van der Waals surface area (Å²) in [6.45, 7) is 0.357. The van der Waals surface area contributed by atoms with Crippen molar-refractivity contribution in [2.24, 2.45) is 0 Å². The second-order valence-electron chi connectivity index (χ2n) is 4.41. The third kappa shape index (κ3) is 2.00. The molecule has 0 unspecified atom stereocenters. The monoisotopic (exact) mass is 277 g/mol. The quantitative estimate of drug-likeness (QED) is 0.846. The van der Waals surface area contributed by atoms with Crippen molar-refractivity contribution in [3.63, 3.8) is 0 Å². The number of hydrogen-bond acceptors (Lipinski definition) is 2. The van der Waals surface area contributed by atoms with Gasteiger partial charge in [-0.2, -0.15) is 0 Å². The highest BCUT2D eigenvalue weighted by Gasteiger charge is 2.30. The molecule has 0 aromatic heterocycles.